The van der Waals surface area contributed by atoms with Gasteiger partial charge in [0.05, 0.1) is 5.69 Å². The molecule has 104 valence electrons. The second-order valence-corrected chi connectivity index (χ2v) is 4.73. The number of piperazine rings is 1. The molecule has 1 fully saturated rings. The lowest BCUT2D eigenvalue weighted by atomic mass is 10.2. The largest absolute Gasteiger partial charge is 0.399 e. The number of halogens is 1. The Kier molecular flexibility index (Phi) is 3.37. The normalized spacial score (nSPS) is 15.4. The average Bonchev–Trinajstić information content (AvgIpc) is 2.51. The summed E-state index contributed by atoms with van der Waals surface area (Å²) in [5.41, 5.74) is 6.88. The molecule has 20 heavy (non-hydrogen) atoms. The number of nitrogens with two attached hydrogens (primary N) is 1. The fourth-order valence-electron chi connectivity index (χ4n) is 2.37. The van der Waals surface area contributed by atoms with Crippen LogP contribution in [0.1, 0.15) is 0 Å². The van der Waals surface area contributed by atoms with Crippen LogP contribution in [0.25, 0.3) is 0 Å². The SMILES string of the molecule is Nc1ccc(F)c(N2CCN(c3ncccn3)CC2)c1. The predicted molar refractivity (Wildman–Crippen MR) is 77.3 cm³/mol. The molecule has 0 saturated carbocycles. The van der Waals surface area contributed by atoms with Gasteiger partial charge in [0.1, 0.15) is 5.82 Å². The van der Waals surface area contributed by atoms with Crippen LogP contribution in [0.3, 0.4) is 0 Å². The first-order valence-corrected chi connectivity index (χ1v) is 6.56. The highest BCUT2D eigenvalue weighted by Gasteiger charge is 2.20. The minimum absolute atomic E-state index is 0.233. The summed E-state index contributed by atoms with van der Waals surface area (Å²) in [7, 11) is 0. The third-order valence-corrected chi connectivity index (χ3v) is 3.43. The zero-order chi connectivity index (χ0) is 13.9. The Morgan fingerprint density at radius 3 is 2.35 bits per heavy atom. The van der Waals surface area contributed by atoms with E-state index in [1.807, 2.05) is 4.90 Å². The number of hydrogen-bond acceptors (Lipinski definition) is 5. The first kappa shape index (κ1) is 12.7. The maximum absolute atomic E-state index is 13.8. The summed E-state index contributed by atoms with van der Waals surface area (Å²) in [5, 5.41) is 0. The van der Waals surface area contributed by atoms with E-state index in [2.05, 4.69) is 14.9 Å². The highest BCUT2D eigenvalue weighted by Crippen LogP contribution is 2.24. The van der Waals surface area contributed by atoms with Crippen molar-refractivity contribution < 1.29 is 4.39 Å². The number of anilines is 3. The molecule has 0 bridgehead atoms. The van der Waals surface area contributed by atoms with Gasteiger partial charge in [0, 0.05) is 44.3 Å². The van der Waals surface area contributed by atoms with Crippen LogP contribution in [-0.2, 0) is 0 Å². The molecule has 1 aliphatic rings. The second kappa shape index (κ2) is 5.32. The van der Waals surface area contributed by atoms with Crippen LogP contribution >= 0.6 is 0 Å². The summed E-state index contributed by atoms with van der Waals surface area (Å²) in [6, 6.07) is 6.47. The Hall–Kier alpha value is -2.37. The maximum Gasteiger partial charge on any atom is 0.225 e. The van der Waals surface area contributed by atoms with E-state index in [-0.39, 0.29) is 5.82 Å². The zero-order valence-corrected chi connectivity index (χ0v) is 11.0. The first-order chi connectivity index (χ1) is 9.74. The van der Waals surface area contributed by atoms with Crippen LogP contribution in [0, 0.1) is 5.82 Å². The predicted octanol–water partition coefficient (Wildman–Crippen LogP) is 1.52. The quantitative estimate of drug-likeness (QED) is 0.841. The van der Waals surface area contributed by atoms with Gasteiger partial charge in [-0.1, -0.05) is 0 Å². The summed E-state index contributed by atoms with van der Waals surface area (Å²) < 4.78 is 13.8. The highest BCUT2D eigenvalue weighted by atomic mass is 19.1. The van der Waals surface area contributed by atoms with Crippen molar-refractivity contribution in [2.75, 3.05) is 41.7 Å². The average molecular weight is 273 g/mol. The van der Waals surface area contributed by atoms with Crippen LogP contribution in [0.2, 0.25) is 0 Å². The third kappa shape index (κ3) is 2.49. The fourth-order valence-corrected chi connectivity index (χ4v) is 2.37. The van der Waals surface area contributed by atoms with Gasteiger partial charge < -0.3 is 15.5 Å². The molecule has 2 aromatic rings. The van der Waals surface area contributed by atoms with E-state index in [0.717, 1.165) is 32.1 Å². The van der Waals surface area contributed by atoms with Gasteiger partial charge in [-0.25, -0.2) is 14.4 Å². The van der Waals surface area contributed by atoms with Crippen LogP contribution in [0.15, 0.2) is 36.7 Å². The van der Waals surface area contributed by atoms with Crippen molar-refractivity contribution in [1.29, 1.82) is 0 Å². The van der Waals surface area contributed by atoms with Gasteiger partial charge >= 0.3 is 0 Å². The van der Waals surface area contributed by atoms with E-state index in [0.29, 0.717) is 11.4 Å². The standard InChI is InChI=1S/C14H16FN5/c15-12-3-2-11(16)10-13(12)19-6-8-20(9-7-19)14-17-4-1-5-18-14/h1-5,10H,6-9,16H2. The van der Waals surface area contributed by atoms with Crippen molar-refractivity contribution in [3.8, 4) is 0 Å². The van der Waals surface area contributed by atoms with Crippen LogP contribution in [-0.4, -0.2) is 36.1 Å². The molecule has 1 aliphatic heterocycles. The maximum atomic E-state index is 13.8. The first-order valence-electron chi connectivity index (χ1n) is 6.56. The molecule has 0 atom stereocenters. The topological polar surface area (TPSA) is 58.3 Å². The molecule has 0 unspecified atom stereocenters. The van der Waals surface area contributed by atoms with E-state index < -0.39 is 0 Å². The van der Waals surface area contributed by atoms with Gasteiger partial charge in [0.2, 0.25) is 5.95 Å². The molecule has 0 amide bonds. The fraction of sp³-hybridized carbons (Fsp3) is 0.286. The van der Waals surface area contributed by atoms with Gasteiger partial charge in [-0.15, -0.1) is 0 Å². The summed E-state index contributed by atoms with van der Waals surface area (Å²) in [5.74, 6) is 0.490. The number of nitrogens with zero attached hydrogens (tertiary/aromatic N) is 4. The molecule has 0 spiro atoms. The summed E-state index contributed by atoms with van der Waals surface area (Å²) in [4.78, 5) is 12.6. The minimum Gasteiger partial charge on any atom is -0.399 e. The van der Waals surface area contributed by atoms with E-state index in [1.165, 1.54) is 6.07 Å². The van der Waals surface area contributed by atoms with Gasteiger partial charge in [0.25, 0.3) is 0 Å². The Bertz CT molecular complexity index is 581. The molecule has 2 heterocycles. The molecule has 1 aromatic heterocycles. The Morgan fingerprint density at radius 2 is 1.65 bits per heavy atom. The van der Waals surface area contributed by atoms with Crippen LogP contribution in [0.4, 0.5) is 21.7 Å². The number of rotatable bonds is 2. The summed E-state index contributed by atoms with van der Waals surface area (Å²) in [6.45, 7) is 2.97. The van der Waals surface area contributed by atoms with Crippen molar-refractivity contribution in [2.45, 2.75) is 0 Å². The molecule has 0 radical (unpaired) electrons. The van der Waals surface area contributed by atoms with Crippen molar-refractivity contribution >= 4 is 17.3 Å². The molecule has 6 heteroatoms. The Labute approximate surface area is 116 Å². The molecule has 3 rings (SSSR count). The highest BCUT2D eigenvalue weighted by molar-refractivity contribution is 5.57. The van der Waals surface area contributed by atoms with Crippen LogP contribution in [0.5, 0.6) is 0 Å². The lowest BCUT2D eigenvalue weighted by Gasteiger charge is -2.36. The van der Waals surface area contributed by atoms with Crippen molar-refractivity contribution in [1.82, 2.24) is 9.97 Å². The summed E-state index contributed by atoms with van der Waals surface area (Å²) >= 11 is 0. The Balaban J connectivity index is 1.71. The van der Waals surface area contributed by atoms with E-state index in [9.17, 15) is 4.39 Å². The molecule has 2 N–H and O–H groups in total. The Morgan fingerprint density at radius 1 is 1.00 bits per heavy atom. The van der Waals surface area contributed by atoms with Crippen molar-refractivity contribution in [3.05, 3.63) is 42.5 Å². The van der Waals surface area contributed by atoms with Gasteiger partial charge in [0.15, 0.2) is 0 Å². The minimum atomic E-state index is -0.233. The van der Waals surface area contributed by atoms with Gasteiger partial charge in [-0.05, 0) is 24.3 Å². The summed E-state index contributed by atoms with van der Waals surface area (Å²) in [6.07, 6.45) is 3.46. The van der Waals surface area contributed by atoms with Crippen molar-refractivity contribution in [2.24, 2.45) is 0 Å². The monoisotopic (exact) mass is 273 g/mol. The van der Waals surface area contributed by atoms with Crippen LogP contribution < -0.4 is 15.5 Å². The third-order valence-electron chi connectivity index (χ3n) is 3.43. The lowest BCUT2D eigenvalue weighted by molar-refractivity contribution is 0.594. The number of hydrogen-bond donors (Lipinski definition) is 1. The molecule has 5 nitrogen and oxygen atoms in total. The molecule has 1 aromatic carbocycles. The van der Waals surface area contributed by atoms with E-state index >= 15 is 0 Å². The van der Waals surface area contributed by atoms with E-state index in [1.54, 1.807) is 30.6 Å². The van der Waals surface area contributed by atoms with Gasteiger partial charge in [-0.3, -0.25) is 0 Å². The van der Waals surface area contributed by atoms with Crippen molar-refractivity contribution in [3.63, 3.8) is 0 Å². The zero-order valence-electron chi connectivity index (χ0n) is 11.0. The molecular weight excluding hydrogens is 257 g/mol. The number of benzene rings is 1. The van der Waals surface area contributed by atoms with E-state index in [4.69, 9.17) is 5.73 Å². The molecule has 1 saturated heterocycles. The van der Waals surface area contributed by atoms with Gasteiger partial charge in [-0.2, -0.15) is 0 Å². The smallest absolute Gasteiger partial charge is 0.225 e. The lowest BCUT2D eigenvalue weighted by Crippen LogP contribution is -2.47. The molecular formula is C14H16FN5. The molecule has 0 aliphatic carbocycles. The number of nitrogen functional groups attached to an aromatic ring is 1. The second-order valence-electron chi connectivity index (χ2n) is 4.73. The number of aromatic nitrogens is 2.